The lowest BCUT2D eigenvalue weighted by Crippen LogP contribution is -2.36. The Bertz CT molecular complexity index is 778. The van der Waals surface area contributed by atoms with E-state index in [-0.39, 0.29) is 30.1 Å². The van der Waals surface area contributed by atoms with Crippen LogP contribution in [0.15, 0.2) is 24.4 Å². The molecule has 2 aliphatic rings. The summed E-state index contributed by atoms with van der Waals surface area (Å²) in [6.07, 6.45) is 1.57. The third kappa shape index (κ3) is 2.67. The van der Waals surface area contributed by atoms with Gasteiger partial charge >= 0.3 is 0 Å². The minimum Gasteiger partial charge on any atom is -0.388 e. The highest BCUT2D eigenvalue weighted by atomic mass is 19.1. The molecule has 1 aromatic heterocycles. The zero-order valence-corrected chi connectivity index (χ0v) is 12.9. The number of fused-ring (bicyclic) bond motifs is 1. The van der Waals surface area contributed by atoms with Crippen molar-refractivity contribution in [1.29, 1.82) is 0 Å². The maximum atomic E-state index is 13.4. The quantitative estimate of drug-likeness (QED) is 0.869. The Morgan fingerprint density at radius 1 is 1.33 bits per heavy atom. The fourth-order valence-corrected chi connectivity index (χ4v) is 3.18. The summed E-state index contributed by atoms with van der Waals surface area (Å²) in [5.41, 5.74) is 2.10. The van der Waals surface area contributed by atoms with E-state index in [9.17, 15) is 14.3 Å². The van der Waals surface area contributed by atoms with Gasteiger partial charge in [-0.05, 0) is 29.7 Å². The van der Waals surface area contributed by atoms with Crippen molar-refractivity contribution in [1.82, 2.24) is 19.9 Å². The van der Waals surface area contributed by atoms with Crippen molar-refractivity contribution in [3.63, 3.8) is 0 Å². The third-order valence-electron chi connectivity index (χ3n) is 4.56. The summed E-state index contributed by atoms with van der Waals surface area (Å²) >= 11 is 0. The molecule has 1 amide bonds. The number of benzene rings is 1. The molecule has 126 valence electrons. The topological polar surface area (TPSA) is 80.5 Å². The van der Waals surface area contributed by atoms with Crippen LogP contribution in [0.1, 0.15) is 27.7 Å². The summed E-state index contributed by atoms with van der Waals surface area (Å²) in [5, 5.41) is 17.7. The highest BCUT2D eigenvalue weighted by Crippen LogP contribution is 2.22. The van der Waals surface area contributed by atoms with Crippen LogP contribution in [0.2, 0.25) is 0 Å². The Balaban J connectivity index is 1.51. The molecule has 3 heterocycles. The van der Waals surface area contributed by atoms with Gasteiger partial charge in [-0.2, -0.15) is 0 Å². The Morgan fingerprint density at radius 3 is 3.00 bits per heavy atom. The summed E-state index contributed by atoms with van der Waals surface area (Å²) in [7, 11) is 0. The van der Waals surface area contributed by atoms with Gasteiger partial charge in [-0.1, -0.05) is 11.3 Å². The minimum absolute atomic E-state index is 0.217. The number of ether oxygens (including phenoxy) is 1. The number of hydrogen-bond acceptors (Lipinski definition) is 5. The number of amides is 1. The van der Waals surface area contributed by atoms with E-state index in [2.05, 4.69) is 10.3 Å². The number of aliphatic hydroxyl groups is 1. The molecule has 8 heteroatoms. The number of aliphatic hydroxyl groups excluding tert-OH is 1. The Morgan fingerprint density at radius 2 is 2.21 bits per heavy atom. The molecule has 2 aromatic rings. The summed E-state index contributed by atoms with van der Waals surface area (Å²) in [6, 6.07) is 4.36. The molecule has 0 bridgehead atoms. The first-order valence-corrected chi connectivity index (χ1v) is 7.86. The maximum absolute atomic E-state index is 13.4. The smallest absolute Gasteiger partial charge is 0.276 e. The normalized spacial score (nSPS) is 23.3. The standard InChI is InChI=1S/C16H17FN4O3/c17-12-2-1-10-3-4-20(6-11(10)5-12)16(23)13-7-21(19-18-13)14-8-24-9-15(14)22/h1-2,5,7,14-15,22H,3-4,6,8-9H2/t14-,15-/m1/s1. The first kappa shape index (κ1) is 15.2. The zero-order chi connectivity index (χ0) is 16.7. The van der Waals surface area contributed by atoms with Gasteiger partial charge in [-0.15, -0.1) is 5.10 Å². The number of carbonyl (C=O) groups is 1. The molecule has 4 rings (SSSR count). The molecular formula is C16H17FN4O3. The van der Waals surface area contributed by atoms with Crippen LogP contribution in [0.3, 0.4) is 0 Å². The molecule has 1 fully saturated rings. The van der Waals surface area contributed by atoms with Crippen molar-refractivity contribution in [3.8, 4) is 0 Å². The summed E-state index contributed by atoms with van der Waals surface area (Å²) in [6.45, 7) is 1.50. The number of aromatic nitrogens is 3. The van der Waals surface area contributed by atoms with E-state index >= 15 is 0 Å². The number of nitrogens with zero attached hydrogens (tertiary/aromatic N) is 4. The molecule has 1 N–H and O–H groups in total. The number of rotatable bonds is 2. The van der Waals surface area contributed by atoms with Crippen LogP contribution in [0.4, 0.5) is 4.39 Å². The second-order valence-corrected chi connectivity index (χ2v) is 6.15. The summed E-state index contributed by atoms with van der Waals surface area (Å²) < 4.78 is 20.1. The van der Waals surface area contributed by atoms with E-state index in [0.717, 1.165) is 11.1 Å². The molecule has 1 aromatic carbocycles. The van der Waals surface area contributed by atoms with E-state index in [4.69, 9.17) is 4.74 Å². The van der Waals surface area contributed by atoms with Crippen molar-refractivity contribution in [2.45, 2.75) is 25.1 Å². The number of halogens is 1. The Hall–Kier alpha value is -2.32. The zero-order valence-electron chi connectivity index (χ0n) is 12.9. The van der Waals surface area contributed by atoms with E-state index in [1.807, 2.05) is 0 Å². The van der Waals surface area contributed by atoms with Crippen LogP contribution < -0.4 is 0 Å². The monoisotopic (exact) mass is 332 g/mol. The average molecular weight is 332 g/mol. The lowest BCUT2D eigenvalue weighted by atomic mass is 9.99. The molecule has 24 heavy (non-hydrogen) atoms. The lowest BCUT2D eigenvalue weighted by molar-refractivity contribution is 0.0728. The number of hydrogen-bond donors (Lipinski definition) is 1. The van der Waals surface area contributed by atoms with Gasteiger partial charge in [0.25, 0.3) is 5.91 Å². The maximum Gasteiger partial charge on any atom is 0.276 e. The second-order valence-electron chi connectivity index (χ2n) is 6.15. The number of carbonyl (C=O) groups excluding carboxylic acids is 1. The van der Waals surface area contributed by atoms with Crippen LogP contribution in [0.25, 0.3) is 0 Å². The van der Waals surface area contributed by atoms with Crippen molar-refractivity contribution in [3.05, 3.63) is 47.0 Å². The second kappa shape index (κ2) is 5.95. The largest absolute Gasteiger partial charge is 0.388 e. The average Bonchev–Trinajstić information content (AvgIpc) is 3.22. The van der Waals surface area contributed by atoms with Gasteiger partial charge in [0.05, 0.1) is 19.4 Å². The highest BCUT2D eigenvalue weighted by molar-refractivity contribution is 5.92. The molecule has 0 saturated carbocycles. The predicted molar refractivity (Wildman–Crippen MR) is 80.7 cm³/mol. The lowest BCUT2D eigenvalue weighted by Gasteiger charge is -2.28. The molecule has 2 atom stereocenters. The Labute approximate surface area is 137 Å². The fraction of sp³-hybridized carbons (Fsp3) is 0.438. The SMILES string of the molecule is O=C(c1cn([C@@H]2COC[C@H]2O)nn1)N1CCc2ccc(F)cc2C1. The minimum atomic E-state index is -0.653. The van der Waals surface area contributed by atoms with Crippen LogP contribution >= 0.6 is 0 Å². The molecule has 2 aliphatic heterocycles. The first-order valence-electron chi connectivity index (χ1n) is 7.86. The van der Waals surface area contributed by atoms with Crippen LogP contribution in [-0.2, 0) is 17.7 Å². The summed E-state index contributed by atoms with van der Waals surface area (Å²) in [5.74, 6) is -0.547. The highest BCUT2D eigenvalue weighted by Gasteiger charge is 2.30. The molecular weight excluding hydrogens is 315 g/mol. The fourth-order valence-electron chi connectivity index (χ4n) is 3.18. The van der Waals surface area contributed by atoms with Crippen LogP contribution in [0.5, 0.6) is 0 Å². The molecule has 0 radical (unpaired) electrons. The van der Waals surface area contributed by atoms with E-state index in [1.54, 1.807) is 11.0 Å². The summed E-state index contributed by atoms with van der Waals surface area (Å²) in [4.78, 5) is 14.3. The van der Waals surface area contributed by atoms with Gasteiger partial charge in [0, 0.05) is 13.1 Å². The van der Waals surface area contributed by atoms with Gasteiger partial charge in [-0.3, -0.25) is 4.79 Å². The van der Waals surface area contributed by atoms with Crippen molar-refractivity contribution in [2.24, 2.45) is 0 Å². The molecule has 0 spiro atoms. The van der Waals surface area contributed by atoms with Gasteiger partial charge in [0.2, 0.25) is 0 Å². The van der Waals surface area contributed by atoms with Gasteiger partial charge < -0.3 is 14.7 Å². The van der Waals surface area contributed by atoms with Gasteiger partial charge in [-0.25, -0.2) is 9.07 Å². The molecule has 0 unspecified atom stereocenters. The third-order valence-corrected chi connectivity index (χ3v) is 4.56. The van der Waals surface area contributed by atoms with E-state index in [0.29, 0.717) is 26.1 Å². The molecule has 0 aliphatic carbocycles. The van der Waals surface area contributed by atoms with Crippen molar-refractivity contribution in [2.75, 3.05) is 19.8 Å². The van der Waals surface area contributed by atoms with E-state index in [1.165, 1.54) is 23.0 Å². The van der Waals surface area contributed by atoms with Gasteiger partial charge in [0.1, 0.15) is 18.0 Å². The molecule has 1 saturated heterocycles. The van der Waals surface area contributed by atoms with Crippen molar-refractivity contribution < 1.29 is 19.0 Å². The van der Waals surface area contributed by atoms with Crippen LogP contribution in [0, 0.1) is 5.82 Å². The first-order chi connectivity index (χ1) is 11.6. The van der Waals surface area contributed by atoms with E-state index < -0.39 is 6.10 Å². The molecule has 7 nitrogen and oxygen atoms in total. The Kier molecular flexibility index (Phi) is 3.78. The van der Waals surface area contributed by atoms with Crippen LogP contribution in [-0.4, -0.2) is 56.8 Å². The van der Waals surface area contributed by atoms with Crippen molar-refractivity contribution >= 4 is 5.91 Å². The predicted octanol–water partition coefficient (Wildman–Crippen LogP) is 0.548. The van der Waals surface area contributed by atoms with Gasteiger partial charge in [0.15, 0.2) is 5.69 Å².